The van der Waals surface area contributed by atoms with Gasteiger partial charge in [-0.25, -0.2) is 9.67 Å². The summed E-state index contributed by atoms with van der Waals surface area (Å²) in [5.41, 5.74) is 4.28. The van der Waals surface area contributed by atoms with Crippen LogP contribution in [0.5, 0.6) is 0 Å². The molecule has 1 amide bonds. The van der Waals surface area contributed by atoms with E-state index in [0.717, 1.165) is 40.7 Å². The Labute approximate surface area is 165 Å². The number of carbonyl (C=O) groups is 1. The van der Waals surface area contributed by atoms with E-state index in [9.17, 15) is 4.79 Å². The Bertz CT molecular complexity index is 962. The molecule has 0 aliphatic rings. The summed E-state index contributed by atoms with van der Waals surface area (Å²) in [5.74, 6) is -0.0945. The van der Waals surface area contributed by atoms with E-state index in [2.05, 4.69) is 37.3 Å². The summed E-state index contributed by atoms with van der Waals surface area (Å²) in [6.45, 7) is 7.49. The zero-order valence-corrected chi connectivity index (χ0v) is 17.0. The molecule has 148 valence electrons. The predicted molar refractivity (Wildman–Crippen MR) is 112 cm³/mol. The molecule has 0 aliphatic carbocycles. The highest BCUT2D eigenvalue weighted by Crippen LogP contribution is 2.28. The topological polar surface area (TPSA) is 69.0 Å². The Hall–Kier alpha value is -2.73. The quantitative estimate of drug-likeness (QED) is 0.596. The number of aromatic nitrogens is 3. The van der Waals surface area contributed by atoms with E-state index in [1.54, 1.807) is 13.3 Å². The number of aryl methyl sites for hydroxylation is 1. The van der Waals surface area contributed by atoms with Gasteiger partial charge in [0.25, 0.3) is 5.91 Å². The first-order valence-corrected chi connectivity index (χ1v) is 9.74. The highest BCUT2D eigenvalue weighted by molar-refractivity contribution is 6.06. The van der Waals surface area contributed by atoms with Crippen LogP contribution in [0.1, 0.15) is 48.7 Å². The fraction of sp³-hybridized carbons (Fsp3) is 0.409. The number of unbranched alkanes of at least 4 members (excludes halogenated alkanes) is 1. The van der Waals surface area contributed by atoms with E-state index in [1.807, 2.05) is 28.9 Å². The number of ether oxygens (including phenoxy) is 1. The molecule has 1 N–H and O–H groups in total. The average molecular weight is 380 g/mol. The van der Waals surface area contributed by atoms with Crippen molar-refractivity contribution in [3.05, 3.63) is 47.7 Å². The second-order valence-electron chi connectivity index (χ2n) is 7.25. The summed E-state index contributed by atoms with van der Waals surface area (Å²) in [6, 6.07) is 10.1. The molecule has 1 aromatic carbocycles. The van der Waals surface area contributed by atoms with Crippen molar-refractivity contribution in [1.82, 2.24) is 20.1 Å². The second kappa shape index (κ2) is 8.97. The minimum atomic E-state index is -0.0945. The van der Waals surface area contributed by atoms with E-state index in [0.29, 0.717) is 18.7 Å². The largest absolute Gasteiger partial charge is 0.385 e. The molecular formula is C22H28N4O2. The number of benzene rings is 1. The van der Waals surface area contributed by atoms with Crippen molar-refractivity contribution in [2.45, 2.75) is 39.7 Å². The van der Waals surface area contributed by atoms with Crippen molar-refractivity contribution in [3.8, 4) is 11.3 Å². The number of nitrogens with zero attached hydrogens (tertiary/aromatic N) is 3. The third kappa shape index (κ3) is 4.22. The van der Waals surface area contributed by atoms with Gasteiger partial charge in [-0.15, -0.1) is 0 Å². The van der Waals surface area contributed by atoms with Crippen molar-refractivity contribution in [3.63, 3.8) is 0 Å². The third-order valence-corrected chi connectivity index (χ3v) is 4.78. The van der Waals surface area contributed by atoms with E-state index in [1.165, 1.54) is 0 Å². The number of fused-ring (bicyclic) bond motifs is 1. The molecule has 0 atom stereocenters. The molecule has 2 aromatic heterocycles. The predicted octanol–water partition coefficient (Wildman–Crippen LogP) is 4.14. The molecule has 28 heavy (non-hydrogen) atoms. The molecule has 0 fully saturated rings. The van der Waals surface area contributed by atoms with E-state index < -0.39 is 0 Å². The normalized spacial score (nSPS) is 11.3. The first kappa shape index (κ1) is 20.0. The van der Waals surface area contributed by atoms with Crippen LogP contribution in [0, 0.1) is 6.92 Å². The monoisotopic (exact) mass is 380 g/mol. The highest BCUT2D eigenvalue weighted by atomic mass is 16.5. The Morgan fingerprint density at radius 1 is 1.25 bits per heavy atom. The Morgan fingerprint density at radius 2 is 2.04 bits per heavy atom. The van der Waals surface area contributed by atoms with Gasteiger partial charge in [-0.3, -0.25) is 4.79 Å². The van der Waals surface area contributed by atoms with Crippen LogP contribution in [-0.4, -0.2) is 40.9 Å². The van der Waals surface area contributed by atoms with Crippen LogP contribution in [-0.2, 0) is 4.74 Å². The zero-order chi connectivity index (χ0) is 20.1. The van der Waals surface area contributed by atoms with E-state index in [-0.39, 0.29) is 11.9 Å². The number of carbonyl (C=O) groups excluding carboxylic acids is 1. The summed E-state index contributed by atoms with van der Waals surface area (Å²) in [4.78, 5) is 17.8. The fourth-order valence-corrected chi connectivity index (χ4v) is 3.25. The van der Waals surface area contributed by atoms with Crippen LogP contribution in [0.4, 0.5) is 0 Å². The van der Waals surface area contributed by atoms with Gasteiger partial charge in [0.2, 0.25) is 0 Å². The molecule has 3 aromatic rings. The van der Waals surface area contributed by atoms with Crippen LogP contribution < -0.4 is 5.32 Å². The lowest BCUT2D eigenvalue weighted by molar-refractivity contribution is 0.0953. The highest BCUT2D eigenvalue weighted by Gasteiger charge is 2.18. The summed E-state index contributed by atoms with van der Waals surface area (Å²) >= 11 is 0. The molecule has 0 bridgehead atoms. The van der Waals surface area contributed by atoms with Gasteiger partial charge in [-0.2, -0.15) is 5.10 Å². The first-order chi connectivity index (χ1) is 13.5. The van der Waals surface area contributed by atoms with Crippen LogP contribution in [0.2, 0.25) is 0 Å². The summed E-state index contributed by atoms with van der Waals surface area (Å²) in [5, 5.41) is 8.27. The summed E-state index contributed by atoms with van der Waals surface area (Å²) < 4.78 is 6.93. The van der Waals surface area contributed by atoms with Crippen LogP contribution in [0.25, 0.3) is 22.3 Å². The fourth-order valence-electron chi connectivity index (χ4n) is 3.25. The van der Waals surface area contributed by atoms with Crippen molar-refractivity contribution in [1.29, 1.82) is 0 Å². The number of nitrogens with one attached hydrogen (secondary N) is 1. The standard InChI is InChI=1S/C22H28N4O2/c1-15(2)26-21-19(14-24-26)18(22(27)23-11-7-8-12-28-4)13-20(25-21)17-10-6-5-9-16(17)3/h5-6,9-10,13-15H,7-8,11-12H2,1-4H3,(H,23,27). The molecule has 2 heterocycles. The van der Waals surface area contributed by atoms with Gasteiger partial charge in [0.05, 0.1) is 22.8 Å². The maximum absolute atomic E-state index is 12.9. The van der Waals surface area contributed by atoms with Gasteiger partial charge >= 0.3 is 0 Å². The lowest BCUT2D eigenvalue weighted by atomic mass is 10.0. The van der Waals surface area contributed by atoms with Gasteiger partial charge in [0.1, 0.15) is 0 Å². The molecular weight excluding hydrogens is 352 g/mol. The van der Waals surface area contributed by atoms with Crippen molar-refractivity contribution < 1.29 is 9.53 Å². The second-order valence-corrected chi connectivity index (χ2v) is 7.25. The van der Waals surface area contributed by atoms with Crippen molar-refractivity contribution in [2.75, 3.05) is 20.3 Å². The van der Waals surface area contributed by atoms with E-state index in [4.69, 9.17) is 9.72 Å². The number of pyridine rings is 1. The maximum Gasteiger partial charge on any atom is 0.252 e. The first-order valence-electron chi connectivity index (χ1n) is 9.74. The third-order valence-electron chi connectivity index (χ3n) is 4.78. The van der Waals surface area contributed by atoms with Gasteiger partial charge in [-0.1, -0.05) is 24.3 Å². The molecule has 6 nitrogen and oxygen atoms in total. The smallest absolute Gasteiger partial charge is 0.252 e. The Balaban J connectivity index is 2.00. The van der Waals surface area contributed by atoms with Gasteiger partial charge in [-0.05, 0) is 45.2 Å². The lowest BCUT2D eigenvalue weighted by Crippen LogP contribution is -2.25. The molecule has 3 rings (SSSR count). The molecule has 0 unspecified atom stereocenters. The molecule has 0 saturated heterocycles. The van der Waals surface area contributed by atoms with Gasteiger partial charge in [0.15, 0.2) is 5.65 Å². The molecule has 0 radical (unpaired) electrons. The SMILES string of the molecule is COCCCCNC(=O)c1cc(-c2ccccc2C)nc2c1cnn2C(C)C. The number of hydrogen-bond acceptors (Lipinski definition) is 4. The van der Waals surface area contributed by atoms with Crippen molar-refractivity contribution in [2.24, 2.45) is 0 Å². The van der Waals surface area contributed by atoms with Crippen molar-refractivity contribution >= 4 is 16.9 Å². The summed E-state index contributed by atoms with van der Waals surface area (Å²) in [7, 11) is 1.69. The molecule has 0 saturated carbocycles. The maximum atomic E-state index is 12.9. The van der Waals surface area contributed by atoms with Crippen LogP contribution in [0.3, 0.4) is 0 Å². The minimum Gasteiger partial charge on any atom is -0.385 e. The Kier molecular flexibility index (Phi) is 6.41. The van der Waals surface area contributed by atoms with Crippen LogP contribution >= 0.6 is 0 Å². The minimum absolute atomic E-state index is 0.0945. The molecule has 0 spiro atoms. The zero-order valence-electron chi connectivity index (χ0n) is 17.0. The molecule has 6 heteroatoms. The number of methoxy groups -OCH3 is 1. The number of amides is 1. The summed E-state index contributed by atoms with van der Waals surface area (Å²) in [6.07, 6.45) is 3.54. The van der Waals surface area contributed by atoms with Gasteiger partial charge < -0.3 is 10.1 Å². The van der Waals surface area contributed by atoms with Crippen LogP contribution in [0.15, 0.2) is 36.5 Å². The molecule has 0 aliphatic heterocycles. The number of hydrogen-bond donors (Lipinski definition) is 1. The average Bonchev–Trinajstić information content (AvgIpc) is 3.11. The van der Waals surface area contributed by atoms with Gasteiger partial charge in [0, 0.05) is 31.9 Å². The van der Waals surface area contributed by atoms with E-state index >= 15 is 0 Å². The Morgan fingerprint density at radius 3 is 2.75 bits per heavy atom. The lowest BCUT2D eigenvalue weighted by Gasteiger charge is -2.12. The number of rotatable bonds is 8.